The molecule has 146 valence electrons. The maximum absolute atomic E-state index is 11.3. The topological polar surface area (TPSA) is 88.8 Å². The van der Waals surface area contributed by atoms with Crippen molar-refractivity contribution in [3.8, 4) is 11.5 Å². The Morgan fingerprint density at radius 1 is 1.32 bits per heavy atom. The lowest BCUT2D eigenvalue weighted by Gasteiger charge is -2.34. The van der Waals surface area contributed by atoms with E-state index in [1.807, 2.05) is 32.2 Å². The number of amides is 1. The van der Waals surface area contributed by atoms with Crippen LogP contribution in [0.2, 0.25) is 0 Å². The van der Waals surface area contributed by atoms with Gasteiger partial charge in [0.2, 0.25) is 5.91 Å². The van der Waals surface area contributed by atoms with Gasteiger partial charge >= 0.3 is 0 Å². The molecule has 0 saturated carbocycles. The van der Waals surface area contributed by atoms with Crippen LogP contribution in [0.3, 0.4) is 0 Å². The Kier molecular flexibility index (Phi) is 4.93. The summed E-state index contributed by atoms with van der Waals surface area (Å²) < 4.78 is 1.81. The molecule has 1 saturated heterocycles. The van der Waals surface area contributed by atoms with Crippen molar-refractivity contribution in [2.24, 2.45) is 13.0 Å². The highest BCUT2D eigenvalue weighted by Crippen LogP contribution is 2.31. The molecular weight excluding hydrogens is 354 g/mol. The average Bonchev–Trinajstić information content (AvgIpc) is 3.00. The number of nitrogens with zero attached hydrogens (tertiary/aromatic N) is 6. The number of carbonyl (C=O) groups is 1. The Morgan fingerprint density at radius 2 is 2.18 bits per heavy atom. The molecule has 8 heteroatoms. The lowest BCUT2D eigenvalue weighted by Crippen LogP contribution is -2.41. The van der Waals surface area contributed by atoms with Crippen LogP contribution in [-0.4, -0.2) is 50.3 Å². The molecule has 1 N–H and O–H groups in total. The number of hydrogen-bond acceptors (Lipinski definition) is 6. The molecule has 8 nitrogen and oxygen atoms in total. The molecule has 28 heavy (non-hydrogen) atoms. The molecule has 0 radical (unpaired) electrons. The van der Waals surface area contributed by atoms with Gasteiger partial charge in [-0.3, -0.25) is 14.5 Å². The van der Waals surface area contributed by atoms with E-state index >= 15 is 0 Å². The summed E-state index contributed by atoms with van der Waals surface area (Å²) in [5.74, 6) is 1.93. The minimum Gasteiger partial charge on any atom is -0.356 e. The molecule has 3 aromatic rings. The Balaban J connectivity index is 1.75. The first-order valence-corrected chi connectivity index (χ1v) is 9.65. The predicted molar refractivity (Wildman–Crippen MR) is 108 cm³/mol. The van der Waals surface area contributed by atoms with E-state index < -0.39 is 0 Å². The Hall–Kier alpha value is -3.03. The van der Waals surface area contributed by atoms with E-state index in [2.05, 4.69) is 20.3 Å². The summed E-state index contributed by atoms with van der Waals surface area (Å²) in [6, 6.07) is 5.74. The van der Waals surface area contributed by atoms with Gasteiger partial charge in [0.25, 0.3) is 0 Å². The predicted octanol–water partition coefficient (Wildman–Crippen LogP) is 2.09. The fourth-order valence-electron chi connectivity index (χ4n) is 3.87. The number of aryl methyl sites for hydroxylation is 2. The van der Waals surface area contributed by atoms with Crippen LogP contribution in [-0.2, 0) is 11.8 Å². The Bertz CT molecular complexity index is 999. The van der Waals surface area contributed by atoms with Crippen molar-refractivity contribution in [3.63, 3.8) is 0 Å². The zero-order valence-electron chi connectivity index (χ0n) is 16.5. The minimum atomic E-state index is 0.0158. The van der Waals surface area contributed by atoms with E-state index in [-0.39, 0.29) is 5.91 Å². The van der Waals surface area contributed by atoms with Crippen molar-refractivity contribution < 1.29 is 4.79 Å². The number of piperidine rings is 1. The molecule has 4 rings (SSSR count). The van der Waals surface area contributed by atoms with Crippen molar-refractivity contribution in [2.45, 2.75) is 26.7 Å². The van der Waals surface area contributed by atoms with Gasteiger partial charge in [-0.25, -0.2) is 9.97 Å². The third-order valence-electron chi connectivity index (χ3n) is 5.19. The van der Waals surface area contributed by atoms with Gasteiger partial charge in [0.1, 0.15) is 11.5 Å². The van der Waals surface area contributed by atoms with Gasteiger partial charge in [0, 0.05) is 39.8 Å². The van der Waals surface area contributed by atoms with Crippen molar-refractivity contribution in [1.29, 1.82) is 0 Å². The lowest BCUT2D eigenvalue weighted by atomic mass is 9.97. The third-order valence-corrected chi connectivity index (χ3v) is 5.19. The summed E-state index contributed by atoms with van der Waals surface area (Å²) in [6.07, 6.45) is 3.92. The van der Waals surface area contributed by atoms with Gasteiger partial charge in [-0.2, -0.15) is 5.10 Å². The molecule has 0 bridgehead atoms. The van der Waals surface area contributed by atoms with Crippen LogP contribution >= 0.6 is 0 Å². The van der Waals surface area contributed by atoms with Gasteiger partial charge in [-0.1, -0.05) is 6.07 Å². The van der Waals surface area contributed by atoms with Crippen LogP contribution in [0.25, 0.3) is 22.6 Å². The largest absolute Gasteiger partial charge is 0.356 e. The minimum absolute atomic E-state index is 0.0158. The highest BCUT2D eigenvalue weighted by molar-refractivity contribution is 5.91. The molecule has 1 aliphatic rings. The van der Waals surface area contributed by atoms with Crippen LogP contribution < -0.4 is 10.2 Å². The van der Waals surface area contributed by atoms with Crippen molar-refractivity contribution in [2.75, 3.05) is 24.5 Å². The zero-order chi connectivity index (χ0) is 19.7. The van der Waals surface area contributed by atoms with E-state index in [0.29, 0.717) is 18.3 Å². The molecule has 0 unspecified atom stereocenters. The molecule has 3 aromatic heterocycles. The summed E-state index contributed by atoms with van der Waals surface area (Å²) in [5, 5.41) is 8.51. The Morgan fingerprint density at radius 3 is 2.93 bits per heavy atom. The Labute approximate surface area is 164 Å². The van der Waals surface area contributed by atoms with Crippen LogP contribution in [0, 0.1) is 12.8 Å². The molecule has 1 aliphatic heterocycles. The van der Waals surface area contributed by atoms with Crippen LogP contribution in [0.1, 0.15) is 25.5 Å². The van der Waals surface area contributed by atoms with E-state index in [0.717, 1.165) is 54.2 Å². The van der Waals surface area contributed by atoms with Crippen LogP contribution in [0.4, 0.5) is 5.82 Å². The molecule has 0 aliphatic carbocycles. The molecule has 4 heterocycles. The number of pyridine rings is 1. The summed E-state index contributed by atoms with van der Waals surface area (Å²) >= 11 is 0. The zero-order valence-corrected chi connectivity index (χ0v) is 16.5. The highest BCUT2D eigenvalue weighted by atomic mass is 16.1. The van der Waals surface area contributed by atoms with E-state index in [1.54, 1.807) is 17.8 Å². The monoisotopic (exact) mass is 379 g/mol. The number of rotatable bonds is 4. The van der Waals surface area contributed by atoms with Crippen LogP contribution in [0.5, 0.6) is 0 Å². The number of nitrogens with one attached hydrogen (secondary N) is 1. The van der Waals surface area contributed by atoms with Crippen molar-refractivity contribution >= 4 is 22.8 Å². The second kappa shape index (κ2) is 7.53. The number of hydrogen-bond donors (Lipinski definition) is 1. The molecular formula is C20H25N7O. The van der Waals surface area contributed by atoms with E-state index in [4.69, 9.17) is 9.97 Å². The number of anilines is 1. The van der Waals surface area contributed by atoms with Gasteiger partial charge < -0.3 is 10.2 Å². The number of fused-ring (bicyclic) bond motifs is 1. The third kappa shape index (κ3) is 3.54. The smallest absolute Gasteiger partial charge is 0.216 e. The molecule has 1 amide bonds. The molecule has 1 fully saturated rings. The average molecular weight is 379 g/mol. The second-order valence-electron chi connectivity index (χ2n) is 7.38. The van der Waals surface area contributed by atoms with Gasteiger partial charge in [-0.15, -0.1) is 0 Å². The fourth-order valence-corrected chi connectivity index (χ4v) is 3.87. The first-order chi connectivity index (χ1) is 13.5. The van der Waals surface area contributed by atoms with E-state index in [9.17, 15) is 4.79 Å². The summed E-state index contributed by atoms with van der Waals surface area (Å²) in [6.45, 7) is 6.03. The maximum Gasteiger partial charge on any atom is 0.216 e. The first kappa shape index (κ1) is 18.3. The number of carbonyl (C=O) groups excluding carboxylic acids is 1. The first-order valence-electron chi connectivity index (χ1n) is 9.65. The van der Waals surface area contributed by atoms with Crippen molar-refractivity contribution in [3.05, 3.63) is 30.1 Å². The fraction of sp³-hybridized carbons (Fsp3) is 0.450. The normalized spacial score (nSPS) is 17.1. The van der Waals surface area contributed by atoms with Gasteiger partial charge in [-0.05, 0) is 37.8 Å². The second-order valence-corrected chi connectivity index (χ2v) is 7.38. The van der Waals surface area contributed by atoms with Crippen molar-refractivity contribution in [1.82, 2.24) is 30.0 Å². The van der Waals surface area contributed by atoms with Crippen LogP contribution in [0.15, 0.2) is 24.4 Å². The van der Waals surface area contributed by atoms with E-state index in [1.165, 1.54) is 0 Å². The standard InChI is InChI=1S/C20H25N7O/c1-13-17-19(26(3)25-13)23-18(16-8-4-5-9-21-16)24-20(17)27-10-6-7-15(12-27)11-22-14(2)28/h4-5,8-9,15H,6-7,10-12H2,1-3H3,(H,22,28)/t15-/m0/s1. The summed E-state index contributed by atoms with van der Waals surface area (Å²) in [4.78, 5) is 27.7. The summed E-state index contributed by atoms with van der Waals surface area (Å²) in [5.41, 5.74) is 2.48. The number of aromatic nitrogens is 5. The summed E-state index contributed by atoms with van der Waals surface area (Å²) in [7, 11) is 1.91. The van der Waals surface area contributed by atoms with Gasteiger partial charge in [0.05, 0.1) is 11.1 Å². The van der Waals surface area contributed by atoms with Gasteiger partial charge in [0.15, 0.2) is 11.5 Å². The molecule has 0 aromatic carbocycles. The molecule has 0 spiro atoms. The maximum atomic E-state index is 11.3. The quantitative estimate of drug-likeness (QED) is 0.747. The highest BCUT2D eigenvalue weighted by Gasteiger charge is 2.26. The SMILES string of the molecule is CC(=O)NC[C@@H]1CCCN(c2nc(-c3ccccn3)nc3c2c(C)nn3C)C1. The molecule has 1 atom stereocenters. The lowest BCUT2D eigenvalue weighted by molar-refractivity contribution is -0.119.